The number of unbranched alkanes of at least 4 members (excludes halogenated alkanes) is 1. The predicted molar refractivity (Wildman–Crippen MR) is 109 cm³/mol. The van der Waals surface area contributed by atoms with Gasteiger partial charge in [0.15, 0.2) is 5.13 Å². The number of esters is 1. The number of aryl methyl sites for hydroxylation is 1. The lowest BCUT2D eigenvalue weighted by molar-refractivity contribution is -0.152. The number of rotatable bonds is 10. The van der Waals surface area contributed by atoms with E-state index in [0.717, 1.165) is 17.7 Å². The monoisotopic (exact) mass is 412 g/mol. The van der Waals surface area contributed by atoms with Crippen LogP contribution < -0.4 is 5.32 Å². The molecule has 0 spiro atoms. The highest BCUT2D eigenvalue weighted by molar-refractivity contribution is 7.15. The SMILES string of the molecule is CCCCOC(=O)[C@@H](C)[C@@H](CCc1cnc(NC(=O)OC(C)(C)C)s1)C(C)=O. The van der Waals surface area contributed by atoms with Crippen molar-refractivity contribution in [3.8, 4) is 0 Å². The summed E-state index contributed by atoms with van der Waals surface area (Å²) in [5.74, 6) is -1.25. The van der Waals surface area contributed by atoms with Crippen LogP contribution >= 0.6 is 11.3 Å². The van der Waals surface area contributed by atoms with Gasteiger partial charge in [-0.05, 0) is 47.0 Å². The molecule has 7 nitrogen and oxygen atoms in total. The predicted octanol–water partition coefficient (Wildman–Crippen LogP) is 4.61. The minimum Gasteiger partial charge on any atom is -0.465 e. The summed E-state index contributed by atoms with van der Waals surface area (Å²) < 4.78 is 10.5. The first-order chi connectivity index (χ1) is 13.0. The summed E-state index contributed by atoms with van der Waals surface area (Å²) in [4.78, 5) is 41.1. The molecule has 0 unspecified atom stereocenters. The fourth-order valence-corrected chi connectivity index (χ4v) is 3.40. The molecule has 0 radical (unpaired) electrons. The van der Waals surface area contributed by atoms with E-state index < -0.39 is 23.5 Å². The van der Waals surface area contributed by atoms with Crippen molar-refractivity contribution in [2.24, 2.45) is 11.8 Å². The van der Waals surface area contributed by atoms with Gasteiger partial charge in [-0.25, -0.2) is 9.78 Å². The van der Waals surface area contributed by atoms with Crippen LogP contribution in [0.4, 0.5) is 9.93 Å². The molecule has 0 aliphatic carbocycles. The number of nitrogens with one attached hydrogen (secondary N) is 1. The first-order valence-corrected chi connectivity index (χ1v) is 10.5. The smallest absolute Gasteiger partial charge is 0.413 e. The van der Waals surface area contributed by atoms with E-state index in [2.05, 4.69) is 10.3 Å². The third-order valence-electron chi connectivity index (χ3n) is 4.10. The summed E-state index contributed by atoms with van der Waals surface area (Å²) in [5.41, 5.74) is -0.583. The van der Waals surface area contributed by atoms with E-state index in [1.165, 1.54) is 18.3 Å². The molecule has 0 bridgehead atoms. The average Bonchev–Trinajstić information content (AvgIpc) is 3.00. The third-order valence-corrected chi connectivity index (χ3v) is 5.08. The van der Waals surface area contributed by atoms with Crippen molar-refractivity contribution < 1.29 is 23.9 Å². The molecule has 1 N–H and O–H groups in total. The van der Waals surface area contributed by atoms with Crippen molar-refractivity contribution in [2.45, 2.75) is 72.8 Å². The molecule has 1 aromatic rings. The van der Waals surface area contributed by atoms with Crippen molar-refractivity contribution in [2.75, 3.05) is 11.9 Å². The second-order valence-electron chi connectivity index (χ2n) is 7.82. The van der Waals surface area contributed by atoms with Crippen LogP contribution in [0.3, 0.4) is 0 Å². The molecule has 1 aromatic heterocycles. The van der Waals surface area contributed by atoms with E-state index >= 15 is 0 Å². The molecule has 0 aliphatic rings. The van der Waals surface area contributed by atoms with Gasteiger partial charge in [-0.15, -0.1) is 11.3 Å². The highest BCUT2D eigenvalue weighted by atomic mass is 32.1. The Bertz CT molecular complexity index is 666. The van der Waals surface area contributed by atoms with E-state index in [1.54, 1.807) is 33.9 Å². The largest absolute Gasteiger partial charge is 0.465 e. The van der Waals surface area contributed by atoms with E-state index in [-0.39, 0.29) is 11.8 Å². The molecule has 0 aliphatic heterocycles. The Morgan fingerprint density at radius 1 is 1.29 bits per heavy atom. The van der Waals surface area contributed by atoms with Gasteiger partial charge < -0.3 is 9.47 Å². The van der Waals surface area contributed by atoms with Crippen LogP contribution in [0.1, 0.15) is 65.7 Å². The fourth-order valence-electron chi connectivity index (χ4n) is 2.59. The normalized spacial score (nSPS) is 13.5. The summed E-state index contributed by atoms with van der Waals surface area (Å²) in [5, 5.41) is 3.04. The standard InChI is InChI=1S/C20H32N2O5S/c1-7-8-11-26-17(24)13(2)16(14(3)23)10-9-15-12-21-18(28-15)22-19(25)27-20(4,5)6/h12-13,16H,7-11H2,1-6H3,(H,21,22,25)/t13-,16+/m0/s1. The molecule has 2 atom stereocenters. The molecule has 0 aromatic carbocycles. The Balaban J connectivity index is 2.60. The number of aromatic nitrogens is 1. The van der Waals surface area contributed by atoms with Crippen LogP contribution in [0.2, 0.25) is 0 Å². The van der Waals surface area contributed by atoms with E-state index in [1.807, 2.05) is 6.92 Å². The highest BCUT2D eigenvalue weighted by Gasteiger charge is 2.29. The van der Waals surface area contributed by atoms with Gasteiger partial charge in [0.25, 0.3) is 0 Å². The van der Waals surface area contributed by atoms with Crippen LogP contribution in [0, 0.1) is 11.8 Å². The van der Waals surface area contributed by atoms with Crippen molar-refractivity contribution in [3.05, 3.63) is 11.1 Å². The lowest BCUT2D eigenvalue weighted by Gasteiger charge is -2.20. The number of Topliss-reactive ketones (excluding diaryl/α,β-unsaturated/α-hetero) is 1. The molecule has 1 amide bonds. The van der Waals surface area contributed by atoms with Crippen LogP contribution in [0.25, 0.3) is 0 Å². The summed E-state index contributed by atoms with van der Waals surface area (Å²) in [6.45, 7) is 11.0. The number of carbonyl (C=O) groups excluding carboxylic acids is 3. The molecular formula is C20H32N2O5S. The van der Waals surface area contributed by atoms with Crippen molar-refractivity contribution in [3.63, 3.8) is 0 Å². The number of nitrogens with zero attached hydrogens (tertiary/aromatic N) is 1. The summed E-state index contributed by atoms with van der Waals surface area (Å²) in [6.07, 6.45) is 3.98. The van der Waals surface area contributed by atoms with E-state index in [0.29, 0.717) is 24.6 Å². The first kappa shape index (κ1) is 24.1. The van der Waals surface area contributed by atoms with Gasteiger partial charge in [-0.3, -0.25) is 14.9 Å². The third kappa shape index (κ3) is 8.82. The summed E-state index contributed by atoms with van der Waals surface area (Å²) in [7, 11) is 0. The highest BCUT2D eigenvalue weighted by Crippen LogP contribution is 2.25. The van der Waals surface area contributed by atoms with Gasteiger partial charge >= 0.3 is 12.1 Å². The zero-order valence-corrected chi connectivity index (χ0v) is 18.5. The average molecular weight is 413 g/mol. The molecule has 8 heteroatoms. The molecule has 1 heterocycles. The maximum absolute atomic E-state index is 12.2. The van der Waals surface area contributed by atoms with E-state index in [9.17, 15) is 14.4 Å². The molecule has 28 heavy (non-hydrogen) atoms. The lowest BCUT2D eigenvalue weighted by atomic mass is 9.86. The molecule has 0 fully saturated rings. The second-order valence-corrected chi connectivity index (χ2v) is 8.94. The minimum absolute atomic E-state index is 0.0310. The van der Waals surface area contributed by atoms with Crippen molar-refractivity contribution in [1.82, 2.24) is 4.98 Å². The van der Waals surface area contributed by atoms with Gasteiger partial charge in [-0.1, -0.05) is 20.3 Å². The van der Waals surface area contributed by atoms with Gasteiger partial charge in [0.05, 0.1) is 12.5 Å². The number of carbonyl (C=O) groups is 3. The van der Waals surface area contributed by atoms with Crippen LogP contribution in [-0.4, -0.2) is 35.0 Å². The van der Waals surface area contributed by atoms with Crippen molar-refractivity contribution in [1.29, 1.82) is 0 Å². The zero-order valence-electron chi connectivity index (χ0n) is 17.7. The number of hydrogen-bond acceptors (Lipinski definition) is 7. The fraction of sp³-hybridized carbons (Fsp3) is 0.700. The molecule has 0 saturated carbocycles. The summed E-state index contributed by atoms with van der Waals surface area (Å²) >= 11 is 1.33. The number of ketones is 1. The Kier molecular flexibility index (Phi) is 9.58. The van der Waals surface area contributed by atoms with Gasteiger partial charge in [0.2, 0.25) is 0 Å². The molecular weight excluding hydrogens is 380 g/mol. The van der Waals surface area contributed by atoms with Crippen LogP contribution in [0.15, 0.2) is 6.20 Å². The van der Waals surface area contributed by atoms with Gasteiger partial charge in [-0.2, -0.15) is 0 Å². The molecule has 0 saturated heterocycles. The van der Waals surface area contributed by atoms with Crippen LogP contribution in [0.5, 0.6) is 0 Å². The maximum atomic E-state index is 12.2. The number of anilines is 1. The quantitative estimate of drug-likeness (QED) is 0.445. The topological polar surface area (TPSA) is 94.6 Å². The number of amides is 1. The maximum Gasteiger partial charge on any atom is 0.413 e. The molecule has 1 rings (SSSR count). The number of ether oxygens (including phenoxy) is 2. The first-order valence-electron chi connectivity index (χ1n) is 9.65. The Morgan fingerprint density at radius 3 is 2.54 bits per heavy atom. The zero-order chi connectivity index (χ0) is 21.3. The van der Waals surface area contributed by atoms with Gasteiger partial charge in [0.1, 0.15) is 11.4 Å². The van der Waals surface area contributed by atoms with Crippen LogP contribution in [-0.2, 0) is 25.5 Å². The summed E-state index contributed by atoms with van der Waals surface area (Å²) in [6, 6.07) is 0. The van der Waals surface area contributed by atoms with Gasteiger partial charge in [0, 0.05) is 17.0 Å². The lowest BCUT2D eigenvalue weighted by Crippen LogP contribution is -2.28. The number of hydrogen-bond donors (Lipinski definition) is 1. The Hall–Kier alpha value is -1.96. The second kappa shape index (κ2) is 11.1. The Labute approximate surface area is 171 Å². The van der Waals surface area contributed by atoms with E-state index in [4.69, 9.17) is 9.47 Å². The molecule has 158 valence electrons. The number of thiazole rings is 1. The Morgan fingerprint density at radius 2 is 1.96 bits per heavy atom. The minimum atomic E-state index is -0.583. The van der Waals surface area contributed by atoms with Crippen molar-refractivity contribution >= 4 is 34.3 Å².